The third-order valence-corrected chi connectivity index (χ3v) is 2.68. The first-order chi connectivity index (χ1) is 9.10. The second-order valence-electron chi connectivity index (χ2n) is 4.91. The molecule has 1 aromatic heterocycles. The molecule has 0 aliphatic rings. The van der Waals surface area contributed by atoms with Crippen molar-refractivity contribution in [3.63, 3.8) is 0 Å². The fourth-order valence-corrected chi connectivity index (χ4v) is 1.84. The molecular formula is C14H25N3O2. The standard InChI is InChI=1S/C14H25N3O2/c1-6-7-15-13-12(10(2)3)14(17-9-16-13)19-11(4)8-18-5/h9-11H,6-8H2,1-5H3,(H,15,16,17). The molecule has 0 radical (unpaired) electrons. The minimum atomic E-state index is -0.0311. The van der Waals surface area contributed by atoms with Crippen LogP contribution < -0.4 is 10.1 Å². The van der Waals surface area contributed by atoms with Crippen molar-refractivity contribution in [1.29, 1.82) is 0 Å². The molecule has 1 rings (SSSR count). The Balaban J connectivity index is 2.95. The van der Waals surface area contributed by atoms with Gasteiger partial charge in [0.2, 0.25) is 5.88 Å². The minimum Gasteiger partial charge on any atom is -0.472 e. The molecule has 1 heterocycles. The van der Waals surface area contributed by atoms with Gasteiger partial charge < -0.3 is 14.8 Å². The summed E-state index contributed by atoms with van der Waals surface area (Å²) in [5.41, 5.74) is 1.03. The van der Waals surface area contributed by atoms with E-state index >= 15 is 0 Å². The van der Waals surface area contributed by atoms with E-state index in [0.717, 1.165) is 24.3 Å². The third-order valence-electron chi connectivity index (χ3n) is 2.68. The largest absolute Gasteiger partial charge is 0.472 e. The van der Waals surface area contributed by atoms with Gasteiger partial charge >= 0.3 is 0 Å². The van der Waals surface area contributed by atoms with Crippen LogP contribution in [-0.4, -0.2) is 36.3 Å². The van der Waals surface area contributed by atoms with Gasteiger partial charge in [0.05, 0.1) is 12.2 Å². The quantitative estimate of drug-likeness (QED) is 0.785. The normalized spacial score (nSPS) is 12.5. The number of hydrogen-bond acceptors (Lipinski definition) is 5. The smallest absolute Gasteiger partial charge is 0.222 e. The van der Waals surface area contributed by atoms with E-state index in [9.17, 15) is 0 Å². The molecule has 0 fully saturated rings. The number of rotatable bonds is 8. The van der Waals surface area contributed by atoms with Crippen molar-refractivity contribution in [2.24, 2.45) is 0 Å². The molecule has 0 aromatic carbocycles. The number of nitrogens with zero attached hydrogens (tertiary/aromatic N) is 2. The Morgan fingerprint density at radius 2 is 2.00 bits per heavy atom. The van der Waals surface area contributed by atoms with Crippen molar-refractivity contribution in [3.8, 4) is 5.88 Å². The zero-order valence-electron chi connectivity index (χ0n) is 12.6. The van der Waals surface area contributed by atoms with E-state index in [2.05, 4.69) is 36.1 Å². The maximum Gasteiger partial charge on any atom is 0.222 e. The average Bonchev–Trinajstić information content (AvgIpc) is 2.36. The van der Waals surface area contributed by atoms with Gasteiger partial charge in [-0.1, -0.05) is 20.8 Å². The van der Waals surface area contributed by atoms with Crippen molar-refractivity contribution in [1.82, 2.24) is 9.97 Å². The molecule has 0 saturated heterocycles. The van der Waals surface area contributed by atoms with Gasteiger partial charge in [0.25, 0.3) is 0 Å². The van der Waals surface area contributed by atoms with Crippen molar-refractivity contribution in [3.05, 3.63) is 11.9 Å². The Labute approximate surface area is 115 Å². The van der Waals surface area contributed by atoms with Crippen LogP contribution in [0.1, 0.15) is 45.6 Å². The number of ether oxygens (including phenoxy) is 2. The SMILES string of the molecule is CCCNc1ncnc(OC(C)COC)c1C(C)C. The molecule has 1 N–H and O–H groups in total. The maximum atomic E-state index is 5.85. The number of nitrogens with one attached hydrogen (secondary N) is 1. The van der Waals surface area contributed by atoms with E-state index < -0.39 is 0 Å². The fourth-order valence-electron chi connectivity index (χ4n) is 1.84. The highest BCUT2D eigenvalue weighted by Gasteiger charge is 2.17. The molecule has 0 aliphatic heterocycles. The van der Waals surface area contributed by atoms with Crippen LogP contribution in [0.4, 0.5) is 5.82 Å². The fraction of sp³-hybridized carbons (Fsp3) is 0.714. The van der Waals surface area contributed by atoms with Crippen molar-refractivity contribution < 1.29 is 9.47 Å². The lowest BCUT2D eigenvalue weighted by Crippen LogP contribution is -2.20. The van der Waals surface area contributed by atoms with Gasteiger partial charge in [0, 0.05) is 13.7 Å². The Bertz CT molecular complexity index is 383. The molecule has 19 heavy (non-hydrogen) atoms. The van der Waals surface area contributed by atoms with Crippen molar-refractivity contribution >= 4 is 5.82 Å². The van der Waals surface area contributed by atoms with E-state index in [1.54, 1.807) is 13.4 Å². The topological polar surface area (TPSA) is 56.3 Å². The predicted octanol–water partition coefficient (Wildman–Crippen LogP) is 2.84. The van der Waals surface area contributed by atoms with Gasteiger partial charge in [0.15, 0.2) is 0 Å². The van der Waals surface area contributed by atoms with Crippen LogP contribution in [-0.2, 0) is 4.74 Å². The van der Waals surface area contributed by atoms with Gasteiger partial charge in [0.1, 0.15) is 18.2 Å². The van der Waals surface area contributed by atoms with E-state index in [1.807, 2.05) is 6.92 Å². The van der Waals surface area contributed by atoms with E-state index in [4.69, 9.17) is 9.47 Å². The average molecular weight is 267 g/mol. The summed E-state index contributed by atoms with van der Waals surface area (Å²) in [7, 11) is 1.66. The second kappa shape index (κ2) is 7.94. The summed E-state index contributed by atoms with van der Waals surface area (Å²) < 4.78 is 10.9. The van der Waals surface area contributed by atoms with E-state index in [0.29, 0.717) is 18.4 Å². The summed E-state index contributed by atoms with van der Waals surface area (Å²) in [6.07, 6.45) is 2.56. The summed E-state index contributed by atoms with van der Waals surface area (Å²) in [6.45, 7) is 9.76. The first-order valence-corrected chi connectivity index (χ1v) is 6.84. The van der Waals surface area contributed by atoms with Crippen LogP contribution in [0.2, 0.25) is 0 Å². The zero-order chi connectivity index (χ0) is 14.3. The molecule has 0 saturated carbocycles. The van der Waals surface area contributed by atoms with Crippen LogP contribution in [0.3, 0.4) is 0 Å². The molecule has 0 amide bonds. The number of anilines is 1. The highest BCUT2D eigenvalue weighted by atomic mass is 16.5. The third kappa shape index (κ3) is 4.67. The number of hydrogen-bond donors (Lipinski definition) is 1. The molecule has 0 spiro atoms. The molecule has 1 atom stereocenters. The minimum absolute atomic E-state index is 0.0311. The van der Waals surface area contributed by atoms with Gasteiger partial charge in [-0.3, -0.25) is 0 Å². The number of aromatic nitrogens is 2. The Morgan fingerprint density at radius 3 is 2.58 bits per heavy atom. The summed E-state index contributed by atoms with van der Waals surface area (Å²) >= 11 is 0. The van der Waals surface area contributed by atoms with Gasteiger partial charge in [-0.2, -0.15) is 0 Å². The molecule has 5 heteroatoms. The Kier molecular flexibility index (Phi) is 6.56. The Morgan fingerprint density at radius 1 is 1.26 bits per heavy atom. The van der Waals surface area contributed by atoms with Crippen LogP contribution >= 0.6 is 0 Å². The van der Waals surface area contributed by atoms with Crippen molar-refractivity contribution in [2.45, 2.75) is 46.1 Å². The lowest BCUT2D eigenvalue weighted by Gasteiger charge is -2.19. The summed E-state index contributed by atoms with van der Waals surface area (Å²) in [6, 6.07) is 0. The van der Waals surface area contributed by atoms with E-state index in [1.165, 1.54) is 0 Å². The van der Waals surface area contributed by atoms with Crippen LogP contribution in [0, 0.1) is 0 Å². The molecule has 0 aliphatic carbocycles. The summed E-state index contributed by atoms with van der Waals surface area (Å²) in [5.74, 6) is 1.81. The van der Waals surface area contributed by atoms with Crippen molar-refractivity contribution in [2.75, 3.05) is 25.6 Å². The monoisotopic (exact) mass is 267 g/mol. The first kappa shape index (κ1) is 15.7. The first-order valence-electron chi connectivity index (χ1n) is 6.84. The second-order valence-corrected chi connectivity index (χ2v) is 4.91. The molecule has 108 valence electrons. The van der Waals surface area contributed by atoms with Gasteiger partial charge in [-0.05, 0) is 19.3 Å². The number of methoxy groups -OCH3 is 1. The lowest BCUT2D eigenvalue weighted by molar-refractivity contribution is 0.0880. The van der Waals surface area contributed by atoms with Gasteiger partial charge in [-0.25, -0.2) is 9.97 Å². The molecule has 5 nitrogen and oxygen atoms in total. The molecule has 0 bridgehead atoms. The highest BCUT2D eigenvalue weighted by molar-refractivity contribution is 5.50. The summed E-state index contributed by atoms with van der Waals surface area (Å²) in [4.78, 5) is 8.58. The van der Waals surface area contributed by atoms with Crippen LogP contribution in [0.15, 0.2) is 6.33 Å². The highest BCUT2D eigenvalue weighted by Crippen LogP contribution is 2.30. The Hall–Kier alpha value is -1.36. The molecular weight excluding hydrogens is 242 g/mol. The van der Waals surface area contributed by atoms with Crippen LogP contribution in [0.5, 0.6) is 5.88 Å². The predicted molar refractivity (Wildman–Crippen MR) is 76.9 cm³/mol. The lowest BCUT2D eigenvalue weighted by atomic mass is 10.1. The van der Waals surface area contributed by atoms with E-state index in [-0.39, 0.29) is 6.10 Å². The molecule has 1 unspecified atom stereocenters. The molecule has 1 aromatic rings. The van der Waals surface area contributed by atoms with Crippen LogP contribution in [0.25, 0.3) is 0 Å². The maximum absolute atomic E-state index is 5.85. The zero-order valence-corrected chi connectivity index (χ0v) is 12.6. The van der Waals surface area contributed by atoms with Gasteiger partial charge in [-0.15, -0.1) is 0 Å². The summed E-state index contributed by atoms with van der Waals surface area (Å²) in [5, 5.41) is 3.33.